The van der Waals surface area contributed by atoms with Crippen molar-refractivity contribution in [1.82, 2.24) is 9.97 Å². The molecule has 0 atom stereocenters. The molecule has 4 N–H and O–H groups in total. The molecule has 0 bridgehead atoms. The molecular weight excluding hydrogens is 280 g/mol. The summed E-state index contributed by atoms with van der Waals surface area (Å²) in [6.45, 7) is 4.01. The van der Waals surface area contributed by atoms with Gasteiger partial charge in [0.25, 0.3) is 0 Å². The van der Waals surface area contributed by atoms with Gasteiger partial charge in [0.05, 0.1) is 11.0 Å². The summed E-state index contributed by atoms with van der Waals surface area (Å²) in [6.07, 6.45) is 0. The van der Waals surface area contributed by atoms with Gasteiger partial charge in [0.1, 0.15) is 0 Å². The van der Waals surface area contributed by atoms with Gasteiger partial charge in [0.15, 0.2) is 0 Å². The van der Waals surface area contributed by atoms with Gasteiger partial charge in [-0.3, -0.25) is 0 Å². The molecule has 1 aromatic heterocycles. The number of fused-ring (bicyclic) bond motifs is 1. The Labute approximate surface area is 126 Å². The molecule has 2 amide bonds. The summed E-state index contributed by atoms with van der Waals surface area (Å²) in [5, 5.41) is 5.52. The first-order chi connectivity index (χ1) is 10.5. The van der Waals surface area contributed by atoms with Crippen molar-refractivity contribution in [2.45, 2.75) is 13.8 Å². The smallest absolute Gasteiger partial charge is 0.308 e. The van der Waals surface area contributed by atoms with Gasteiger partial charge in [-0.1, -0.05) is 6.07 Å². The second-order valence-electron chi connectivity index (χ2n) is 5.22. The molecule has 3 rings (SSSR count). The molecule has 6 nitrogen and oxygen atoms in total. The van der Waals surface area contributed by atoms with Crippen LogP contribution < -0.4 is 16.3 Å². The van der Waals surface area contributed by atoms with E-state index in [0.717, 1.165) is 11.3 Å². The zero-order valence-corrected chi connectivity index (χ0v) is 12.3. The highest BCUT2D eigenvalue weighted by Crippen LogP contribution is 2.17. The van der Waals surface area contributed by atoms with Crippen LogP contribution in [0.15, 0.2) is 41.2 Å². The van der Waals surface area contributed by atoms with Crippen molar-refractivity contribution in [2.24, 2.45) is 0 Å². The predicted molar refractivity (Wildman–Crippen MR) is 87.5 cm³/mol. The molecule has 22 heavy (non-hydrogen) atoms. The summed E-state index contributed by atoms with van der Waals surface area (Å²) < 4.78 is 0. The number of benzene rings is 2. The first-order valence-electron chi connectivity index (χ1n) is 6.88. The number of hydrogen-bond acceptors (Lipinski definition) is 2. The van der Waals surface area contributed by atoms with Crippen molar-refractivity contribution in [3.05, 3.63) is 58.0 Å². The minimum absolute atomic E-state index is 0.272. The second-order valence-corrected chi connectivity index (χ2v) is 5.22. The Bertz CT molecular complexity index is 908. The summed E-state index contributed by atoms with van der Waals surface area (Å²) in [6, 6.07) is 10.6. The van der Waals surface area contributed by atoms with E-state index >= 15 is 0 Å². The Balaban J connectivity index is 1.74. The molecule has 112 valence electrons. The second kappa shape index (κ2) is 5.40. The molecule has 0 fully saturated rings. The maximum absolute atomic E-state index is 12.0. The molecule has 1 heterocycles. The number of hydrogen-bond donors (Lipinski definition) is 4. The van der Waals surface area contributed by atoms with Crippen LogP contribution >= 0.6 is 0 Å². The summed E-state index contributed by atoms with van der Waals surface area (Å²) in [5.41, 5.74) is 4.70. The minimum atomic E-state index is -0.333. The van der Waals surface area contributed by atoms with E-state index in [1.807, 2.05) is 32.0 Å². The summed E-state index contributed by atoms with van der Waals surface area (Å²) in [4.78, 5) is 28.5. The number of anilines is 2. The monoisotopic (exact) mass is 296 g/mol. The molecule has 0 aliphatic carbocycles. The third-order valence-electron chi connectivity index (χ3n) is 3.54. The van der Waals surface area contributed by atoms with Gasteiger partial charge in [-0.15, -0.1) is 0 Å². The number of aromatic amines is 2. The number of aryl methyl sites for hydroxylation is 2. The third-order valence-corrected chi connectivity index (χ3v) is 3.54. The molecule has 0 saturated heterocycles. The Hall–Kier alpha value is -3.02. The van der Waals surface area contributed by atoms with Crippen LogP contribution in [0.25, 0.3) is 11.0 Å². The first-order valence-corrected chi connectivity index (χ1v) is 6.88. The van der Waals surface area contributed by atoms with Crippen LogP contribution in [0.2, 0.25) is 0 Å². The molecule has 0 aliphatic rings. The highest BCUT2D eigenvalue weighted by molar-refractivity contribution is 6.00. The number of urea groups is 1. The lowest BCUT2D eigenvalue weighted by Crippen LogP contribution is -2.19. The molecule has 0 radical (unpaired) electrons. The van der Waals surface area contributed by atoms with E-state index in [4.69, 9.17) is 0 Å². The Morgan fingerprint density at radius 3 is 2.23 bits per heavy atom. The number of amides is 2. The number of nitrogens with one attached hydrogen (secondary N) is 4. The van der Waals surface area contributed by atoms with Crippen LogP contribution in [0.3, 0.4) is 0 Å². The number of carbonyl (C=O) groups excluding carboxylic acids is 1. The fourth-order valence-corrected chi connectivity index (χ4v) is 2.22. The van der Waals surface area contributed by atoms with Gasteiger partial charge < -0.3 is 20.6 Å². The van der Waals surface area contributed by atoms with Crippen LogP contribution in [-0.4, -0.2) is 16.0 Å². The van der Waals surface area contributed by atoms with Crippen LogP contribution in [0, 0.1) is 13.8 Å². The molecule has 0 spiro atoms. The van der Waals surface area contributed by atoms with E-state index in [2.05, 4.69) is 20.6 Å². The highest BCUT2D eigenvalue weighted by atomic mass is 16.2. The molecule has 0 unspecified atom stereocenters. The van der Waals surface area contributed by atoms with Crippen molar-refractivity contribution >= 4 is 28.4 Å². The van der Waals surface area contributed by atoms with Gasteiger partial charge in [-0.25, -0.2) is 9.59 Å². The average molecular weight is 296 g/mol. The number of aromatic nitrogens is 2. The van der Waals surface area contributed by atoms with E-state index < -0.39 is 0 Å². The van der Waals surface area contributed by atoms with Gasteiger partial charge >= 0.3 is 11.7 Å². The van der Waals surface area contributed by atoms with Crippen LogP contribution in [0.5, 0.6) is 0 Å². The SMILES string of the molecule is Cc1ccc(NC(=O)Nc2ccc3[nH]c(=O)[nH]c3c2)cc1C. The van der Waals surface area contributed by atoms with Gasteiger partial charge in [0, 0.05) is 11.4 Å². The van der Waals surface area contributed by atoms with Gasteiger partial charge in [0.2, 0.25) is 0 Å². The Morgan fingerprint density at radius 1 is 0.864 bits per heavy atom. The summed E-state index contributed by atoms with van der Waals surface area (Å²) in [7, 11) is 0. The molecule has 3 aromatic rings. The molecule has 0 saturated carbocycles. The molecular formula is C16H16N4O2. The quantitative estimate of drug-likeness (QED) is 0.585. The summed E-state index contributed by atoms with van der Waals surface area (Å²) in [5.74, 6) is 0. The molecule has 0 aliphatic heterocycles. The topological polar surface area (TPSA) is 89.8 Å². The van der Waals surface area contributed by atoms with Crippen molar-refractivity contribution in [2.75, 3.05) is 10.6 Å². The Morgan fingerprint density at radius 2 is 1.50 bits per heavy atom. The fourth-order valence-electron chi connectivity index (χ4n) is 2.22. The van der Waals surface area contributed by atoms with E-state index in [9.17, 15) is 9.59 Å². The van der Waals surface area contributed by atoms with Crippen molar-refractivity contribution in [1.29, 1.82) is 0 Å². The minimum Gasteiger partial charge on any atom is -0.308 e. The largest absolute Gasteiger partial charge is 0.323 e. The highest BCUT2D eigenvalue weighted by Gasteiger charge is 2.05. The average Bonchev–Trinajstić information content (AvgIpc) is 2.82. The number of rotatable bonds is 2. The van der Waals surface area contributed by atoms with Crippen molar-refractivity contribution < 1.29 is 4.79 Å². The maximum atomic E-state index is 12.0. The Kier molecular flexibility index (Phi) is 3.42. The molecule has 6 heteroatoms. The lowest BCUT2D eigenvalue weighted by Gasteiger charge is -2.09. The molecule has 2 aromatic carbocycles. The number of H-pyrrole nitrogens is 2. The lowest BCUT2D eigenvalue weighted by atomic mass is 10.1. The first kappa shape index (κ1) is 13.9. The number of carbonyl (C=O) groups is 1. The van der Waals surface area contributed by atoms with Crippen LogP contribution in [0.4, 0.5) is 16.2 Å². The van der Waals surface area contributed by atoms with Gasteiger partial charge in [-0.05, 0) is 55.3 Å². The third kappa shape index (κ3) is 2.85. The lowest BCUT2D eigenvalue weighted by molar-refractivity contribution is 0.262. The van der Waals surface area contributed by atoms with E-state index in [1.165, 1.54) is 5.56 Å². The fraction of sp³-hybridized carbons (Fsp3) is 0.125. The van der Waals surface area contributed by atoms with Crippen molar-refractivity contribution in [3.8, 4) is 0 Å². The summed E-state index contributed by atoms with van der Waals surface area (Å²) >= 11 is 0. The number of imidazole rings is 1. The zero-order chi connectivity index (χ0) is 15.7. The zero-order valence-electron chi connectivity index (χ0n) is 12.3. The predicted octanol–water partition coefficient (Wildman–Crippen LogP) is 3.12. The van der Waals surface area contributed by atoms with Crippen LogP contribution in [0.1, 0.15) is 11.1 Å². The standard InChI is InChI=1S/C16H16N4O2/c1-9-3-4-11(7-10(9)2)17-15(21)18-12-5-6-13-14(8-12)20-16(22)19-13/h3-8H,1-2H3,(H2,17,18,21)(H2,19,20,22). The normalized spacial score (nSPS) is 10.6. The maximum Gasteiger partial charge on any atom is 0.323 e. The van der Waals surface area contributed by atoms with E-state index in [0.29, 0.717) is 16.7 Å². The van der Waals surface area contributed by atoms with Gasteiger partial charge in [-0.2, -0.15) is 0 Å². The van der Waals surface area contributed by atoms with E-state index in [-0.39, 0.29) is 11.7 Å². The van der Waals surface area contributed by atoms with Crippen LogP contribution in [-0.2, 0) is 0 Å². The van der Waals surface area contributed by atoms with E-state index in [1.54, 1.807) is 18.2 Å². The van der Waals surface area contributed by atoms with Crippen molar-refractivity contribution in [3.63, 3.8) is 0 Å².